The highest BCUT2D eigenvalue weighted by atomic mass is 35.5. The van der Waals surface area contributed by atoms with Gasteiger partial charge in [-0.05, 0) is 29.8 Å². The molecule has 0 amide bonds. The topological polar surface area (TPSA) is 36.1 Å². The maximum absolute atomic E-state index is 3.59. The second kappa shape index (κ2) is 10.1. The van der Waals surface area contributed by atoms with Crippen LogP contribution in [0.4, 0.5) is 11.4 Å². The zero-order chi connectivity index (χ0) is 19.2. The van der Waals surface area contributed by atoms with Gasteiger partial charge in [-0.1, -0.05) is 72.8 Å². The van der Waals surface area contributed by atoms with Crippen LogP contribution in [-0.2, 0) is 0 Å². The molecule has 4 aromatic rings. The molecule has 0 heterocycles. The zero-order valence-electron chi connectivity index (χ0n) is 16.7. The summed E-state index contributed by atoms with van der Waals surface area (Å²) in [7, 11) is 0. The van der Waals surface area contributed by atoms with E-state index in [4.69, 9.17) is 0 Å². The Kier molecular flexibility index (Phi) is 7.34. The average Bonchev–Trinajstić information content (AvgIpc) is 2.75. The van der Waals surface area contributed by atoms with Crippen LogP contribution in [-0.4, -0.2) is 25.7 Å². The molecule has 29 heavy (non-hydrogen) atoms. The molecule has 3 N–H and O–H groups in total. The van der Waals surface area contributed by atoms with E-state index in [0.717, 1.165) is 19.6 Å². The van der Waals surface area contributed by atoms with Crippen molar-refractivity contribution in [1.82, 2.24) is 5.32 Å². The van der Waals surface area contributed by atoms with E-state index in [-0.39, 0.29) is 12.4 Å². The highest BCUT2D eigenvalue weighted by Crippen LogP contribution is 2.23. The Bertz CT molecular complexity index is 1050. The molecule has 4 rings (SSSR count). The molecule has 0 saturated carbocycles. The minimum Gasteiger partial charge on any atom is -0.383 e. The summed E-state index contributed by atoms with van der Waals surface area (Å²) in [6.45, 7) is 4.92. The van der Waals surface area contributed by atoms with E-state index in [0.29, 0.717) is 6.04 Å². The predicted octanol–water partition coefficient (Wildman–Crippen LogP) is 5.92. The predicted molar refractivity (Wildman–Crippen MR) is 130 cm³/mol. The van der Waals surface area contributed by atoms with Crippen LogP contribution >= 0.6 is 12.4 Å². The minimum absolute atomic E-state index is 0. The van der Waals surface area contributed by atoms with Gasteiger partial charge in [-0.2, -0.15) is 0 Å². The molecular formula is C25H28ClN3. The number of fused-ring (bicyclic) bond motifs is 2. The van der Waals surface area contributed by atoms with Crippen molar-refractivity contribution >= 4 is 45.3 Å². The number of nitrogens with one attached hydrogen (secondary N) is 3. The summed E-state index contributed by atoms with van der Waals surface area (Å²) in [5.74, 6) is 0. The summed E-state index contributed by atoms with van der Waals surface area (Å²) in [6.07, 6.45) is 0. The van der Waals surface area contributed by atoms with Crippen molar-refractivity contribution in [2.75, 3.05) is 30.3 Å². The number of rotatable bonds is 8. The minimum atomic E-state index is 0. The van der Waals surface area contributed by atoms with Gasteiger partial charge in [0.05, 0.1) is 0 Å². The number of hydrogen-bond acceptors (Lipinski definition) is 3. The van der Waals surface area contributed by atoms with Crippen LogP contribution in [0, 0.1) is 0 Å². The van der Waals surface area contributed by atoms with Gasteiger partial charge in [0.25, 0.3) is 0 Å². The quantitative estimate of drug-likeness (QED) is 0.318. The standard InChI is InChI=1S/C25H27N3.ClH/c1-19(18-28-25-15-7-11-21-9-3-5-13-23(21)25)26-16-17-27-24-14-6-10-20-8-2-4-12-22(20)24;/h2-15,19,26-28H,16-18H2,1H3;1H. The summed E-state index contributed by atoms with van der Waals surface area (Å²) >= 11 is 0. The monoisotopic (exact) mass is 405 g/mol. The molecular weight excluding hydrogens is 378 g/mol. The molecule has 0 radical (unpaired) electrons. The van der Waals surface area contributed by atoms with Crippen LogP contribution in [0.1, 0.15) is 6.92 Å². The van der Waals surface area contributed by atoms with E-state index < -0.39 is 0 Å². The van der Waals surface area contributed by atoms with Gasteiger partial charge in [0, 0.05) is 47.8 Å². The Morgan fingerprint density at radius 3 is 1.76 bits per heavy atom. The molecule has 0 spiro atoms. The van der Waals surface area contributed by atoms with E-state index in [1.807, 2.05) is 0 Å². The van der Waals surface area contributed by atoms with Crippen molar-refractivity contribution in [1.29, 1.82) is 0 Å². The summed E-state index contributed by atoms with van der Waals surface area (Å²) in [6, 6.07) is 30.2. The van der Waals surface area contributed by atoms with Crippen molar-refractivity contribution in [2.24, 2.45) is 0 Å². The molecule has 4 heteroatoms. The summed E-state index contributed by atoms with van der Waals surface area (Å²) in [4.78, 5) is 0. The molecule has 0 fully saturated rings. The fourth-order valence-corrected chi connectivity index (χ4v) is 3.61. The molecule has 1 unspecified atom stereocenters. The molecule has 4 aromatic carbocycles. The van der Waals surface area contributed by atoms with Crippen molar-refractivity contribution in [3.05, 3.63) is 84.9 Å². The van der Waals surface area contributed by atoms with Gasteiger partial charge in [-0.3, -0.25) is 0 Å². The third kappa shape index (κ3) is 5.20. The lowest BCUT2D eigenvalue weighted by atomic mass is 10.1. The molecule has 150 valence electrons. The van der Waals surface area contributed by atoms with E-state index >= 15 is 0 Å². The van der Waals surface area contributed by atoms with Crippen molar-refractivity contribution in [2.45, 2.75) is 13.0 Å². The van der Waals surface area contributed by atoms with Crippen molar-refractivity contribution in [3.8, 4) is 0 Å². The van der Waals surface area contributed by atoms with Gasteiger partial charge in [0.1, 0.15) is 0 Å². The van der Waals surface area contributed by atoms with Gasteiger partial charge >= 0.3 is 0 Å². The van der Waals surface area contributed by atoms with Crippen LogP contribution in [0.15, 0.2) is 84.9 Å². The fraction of sp³-hybridized carbons (Fsp3) is 0.200. The first-order valence-electron chi connectivity index (χ1n) is 9.98. The summed E-state index contributed by atoms with van der Waals surface area (Å²) in [5.41, 5.74) is 2.39. The van der Waals surface area contributed by atoms with Gasteiger partial charge in [-0.15, -0.1) is 12.4 Å². The second-order valence-corrected chi connectivity index (χ2v) is 7.22. The van der Waals surface area contributed by atoms with Crippen LogP contribution in [0.5, 0.6) is 0 Å². The highest BCUT2D eigenvalue weighted by molar-refractivity contribution is 5.94. The Balaban J connectivity index is 0.00000240. The molecule has 1 atom stereocenters. The Labute approximate surface area is 178 Å². The lowest BCUT2D eigenvalue weighted by Gasteiger charge is -2.17. The lowest BCUT2D eigenvalue weighted by Crippen LogP contribution is -2.35. The number of benzene rings is 4. The molecule has 0 bridgehead atoms. The van der Waals surface area contributed by atoms with Crippen LogP contribution < -0.4 is 16.0 Å². The smallest absolute Gasteiger partial charge is 0.0420 e. The summed E-state index contributed by atoms with van der Waals surface area (Å²) in [5, 5.41) is 15.8. The van der Waals surface area contributed by atoms with E-state index in [2.05, 4.69) is 108 Å². The number of anilines is 2. The number of hydrogen-bond donors (Lipinski definition) is 3. The highest BCUT2D eigenvalue weighted by Gasteiger charge is 2.04. The average molecular weight is 406 g/mol. The molecule has 0 aliphatic rings. The Morgan fingerprint density at radius 2 is 1.14 bits per heavy atom. The van der Waals surface area contributed by atoms with Gasteiger partial charge in [0.15, 0.2) is 0 Å². The molecule has 3 nitrogen and oxygen atoms in total. The normalized spacial score (nSPS) is 11.8. The largest absolute Gasteiger partial charge is 0.383 e. The Morgan fingerprint density at radius 1 is 0.621 bits per heavy atom. The molecule has 0 aromatic heterocycles. The number of halogens is 1. The SMILES string of the molecule is CC(CNc1cccc2ccccc12)NCCNc1cccc2ccccc12.Cl. The third-order valence-electron chi connectivity index (χ3n) is 5.11. The molecule has 0 aliphatic heterocycles. The van der Waals surface area contributed by atoms with Crippen molar-refractivity contribution in [3.63, 3.8) is 0 Å². The van der Waals surface area contributed by atoms with Gasteiger partial charge in [0.2, 0.25) is 0 Å². The van der Waals surface area contributed by atoms with Crippen LogP contribution in [0.2, 0.25) is 0 Å². The first kappa shape index (κ1) is 21.0. The molecule has 0 saturated heterocycles. The van der Waals surface area contributed by atoms with Gasteiger partial charge < -0.3 is 16.0 Å². The maximum Gasteiger partial charge on any atom is 0.0420 e. The van der Waals surface area contributed by atoms with Gasteiger partial charge in [-0.25, -0.2) is 0 Å². The van der Waals surface area contributed by atoms with Crippen molar-refractivity contribution < 1.29 is 0 Å². The van der Waals surface area contributed by atoms with Crippen LogP contribution in [0.3, 0.4) is 0 Å². The zero-order valence-corrected chi connectivity index (χ0v) is 17.5. The first-order chi connectivity index (χ1) is 13.8. The lowest BCUT2D eigenvalue weighted by molar-refractivity contribution is 0.581. The van der Waals surface area contributed by atoms with Crippen LogP contribution in [0.25, 0.3) is 21.5 Å². The maximum atomic E-state index is 3.59. The second-order valence-electron chi connectivity index (χ2n) is 7.22. The fourth-order valence-electron chi connectivity index (χ4n) is 3.61. The first-order valence-corrected chi connectivity index (χ1v) is 9.98. The molecule has 0 aliphatic carbocycles. The third-order valence-corrected chi connectivity index (χ3v) is 5.11. The van der Waals surface area contributed by atoms with E-state index in [1.165, 1.54) is 32.9 Å². The van der Waals surface area contributed by atoms with E-state index in [1.54, 1.807) is 0 Å². The summed E-state index contributed by atoms with van der Waals surface area (Å²) < 4.78 is 0. The Hall–Kier alpha value is -2.75. The van der Waals surface area contributed by atoms with E-state index in [9.17, 15) is 0 Å².